The van der Waals surface area contributed by atoms with Crippen molar-refractivity contribution in [3.05, 3.63) is 39.8 Å². The van der Waals surface area contributed by atoms with E-state index in [9.17, 15) is 14.3 Å². The molecule has 98 valence electrons. The first-order valence-electron chi connectivity index (χ1n) is 6.04. The lowest BCUT2D eigenvalue weighted by Crippen LogP contribution is -2.07. The molecule has 0 fully saturated rings. The van der Waals surface area contributed by atoms with Crippen LogP contribution in [0.25, 0.3) is 10.9 Å². The summed E-state index contributed by atoms with van der Waals surface area (Å²) in [6, 6.07) is 2.59. The molecule has 1 aliphatic rings. The topological polar surface area (TPSA) is 50.2 Å². The monoisotopic (exact) mass is 279 g/mol. The number of carbonyl (C=O) groups is 1. The number of hydrogen-bond donors (Lipinski definition) is 1. The molecule has 1 N–H and O–H groups in total. The molecule has 2 aromatic rings. The Kier molecular flexibility index (Phi) is 2.71. The van der Waals surface area contributed by atoms with Gasteiger partial charge in [-0.25, -0.2) is 14.2 Å². The highest BCUT2D eigenvalue weighted by atomic mass is 35.5. The Hall–Kier alpha value is -1.68. The van der Waals surface area contributed by atoms with Crippen molar-refractivity contribution in [3.63, 3.8) is 0 Å². The number of aromatic carboxylic acids is 1. The SMILES string of the molecule is CC1CCc2c1nc1c(F)ccc(Cl)c1c2C(=O)O. The molecule has 1 heterocycles. The summed E-state index contributed by atoms with van der Waals surface area (Å²) in [7, 11) is 0. The van der Waals surface area contributed by atoms with Gasteiger partial charge in [-0.1, -0.05) is 18.5 Å². The fourth-order valence-electron chi connectivity index (χ4n) is 2.75. The Labute approximate surface area is 114 Å². The van der Waals surface area contributed by atoms with E-state index >= 15 is 0 Å². The van der Waals surface area contributed by atoms with Crippen LogP contribution in [-0.4, -0.2) is 16.1 Å². The fraction of sp³-hybridized carbons (Fsp3) is 0.286. The van der Waals surface area contributed by atoms with E-state index in [1.54, 1.807) is 0 Å². The smallest absolute Gasteiger partial charge is 0.336 e. The molecule has 0 spiro atoms. The highest BCUT2D eigenvalue weighted by molar-refractivity contribution is 6.36. The van der Waals surface area contributed by atoms with E-state index in [2.05, 4.69) is 4.98 Å². The van der Waals surface area contributed by atoms with Crippen molar-refractivity contribution in [2.24, 2.45) is 0 Å². The molecule has 5 heteroatoms. The summed E-state index contributed by atoms with van der Waals surface area (Å²) in [6.45, 7) is 1.97. The third kappa shape index (κ3) is 1.70. The molecule has 0 radical (unpaired) electrons. The van der Waals surface area contributed by atoms with Crippen LogP contribution in [-0.2, 0) is 6.42 Å². The highest BCUT2D eigenvalue weighted by Gasteiger charge is 2.29. The van der Waals surface area contributed by atoms with Crippen LogP contribution in [0.5, 0.6) is 0 Å². The zero-order valence-electron chi connectivity index (χ0n) is 10.2. The van der Waals surface area contributed by atoms with Crippen LogP contribution in [0.1, 0.15) is 40.9 Å². The number of nitrogens with zero attached hydrogens (tertiary/aromatic N) is 1. The predicted octanol–water partition coefficient (Wildman–Crippen LogP) is 3.78. The van der Waals surface area contributed by atoms with Crippen LogP contribution < -0.4 is 0 Å². The molecule has 0 amide bonds. The number of aromatic nitrogens is 1. The number of hydrogen-bond acceptors (Lipinski definition) is 2. The average molecular weight is 280 g/mol. The molecule has 1 aromatic carbocycles. The van der Waals surface area contributed by atoms with Crippen LogP contribution in [0.15, 0.2) is 12.1 Å². The van der Waals surface area contributed by atoms with Gasteiger partial charge in [0.15, 0.2) is 0 Å². The quantitative estimate of drug-likeness (QED) is 0.864. The number of fused-ring (bicyclic) bond motifs is 2. The Morgan fingerprint density at radius 2 is 2.26 bits per heavy atom. The van der Waals surface area contributed by atoms with E-state index in [1.807, 2.05) is 6.92 Å². The van der Waals surface area contributed by atoms with Gasteiger partial charge in [-0.15, -0.1) is 0 Å². The minimum Gasteiger partial charge on any atom is -0.478 e. The summed E-state index contributed by atoms with van der Waals surface area (Å²) in [5.41, 5.74) is 1.54. The van der Waals surface area contributed by atoms with Gasteiger partial charge in [-0.05, 0) is 36.5 Å². The summed E-state index contributed by atoms with van der Waals surface area (Å²) in [5, 5.41) is 9.88. The minimum atomic E-state index is -1.08. The first-order valence-corrected chi connectivity index (χ1v) is 6.42. The maximum Gasteiger partial charge on any atom is 0.336 e. The maximum absolute atomic E-state index is 13.9. The van der Waals surface area contributed by atoms with E-state index in [4.69, 9.17) is 11.6 Å². The third-order valence-corrected chi connectivity index (χ3v) is 3.99. The summed E-state index contributed by atoms with van der Waals surface area (Å²) in [5.74, 6) is -1.47. The van der Waals surface area contributed by atoms with E-state index in [0.29, 0.717) is 17.7 Å². The molecule has 3 rings (SSSR count). The van der Waals surface area contributed by atoms with E-state index in [1.165, 1.54) is 12.1 Å². The van der Waals surface area contributed by atoms with E-state index < -0.39 is 11.8 Å². The standard InChI is InChI=1S/C14H11ClFNO2/c1-6-2-3-7-10(14(18)19)11-8(15)4-5-9(16)13(11)17-12(6)7/h4-6H,2-3H2,1H3,(H,18,19). The van der Waals surface area contributed by atoms with Gasteiger partial charge < -0.3 is 5.11 Å². The second-order valence-electron chi connectivity index (χ2n) is 4.85. The lowest BCUT2D eigenvalue weighted by atomic mass is 10.00. The van der Waals surface area contributed by atoms with Crippen LogP contribution in [0, 0.1) is 5.82 Å². The molecule has 0 saturated heterocycles. The van der Waals surface area contributed by atoms with Gasteiger partial charge in [0.05, 0.1) is 10.6 Å². The Morgan fingerprint density at radius 3 is 2.95 bits per heavy atom. The molecule has 1 aromatic heterocycles. The largest absolute Gasteiger partial charge is 0.478 e. The van der Waals surface area contributed by atoms with Crippen LogP contribution in [0.4, 0.5) is 4.39 Å². The second-order valence-corrected chi connectivity index (χ2v) is 5.26. The molecule has 1 aliphatic carbocycles. The molecule has 1 unspecified atom stereocenters. The number of pyridine rings is 1. The summed E-state index contributed by atoms with van der Waals surface area (Å²) in [6.07, 6.45) is 1.48. The zero-order valence-corrected chi connectivity index (χ0v) is 11.0. The summed E-state index contributed by atoms with van der Waals surface area (Å²) >= 11 is 6.05. The number of benzene rings is 1. The second kappa shape index (κ2) is 4.17. The van der Waals surface area contributed by atoms with Crippen molar-refractivity contribution in [1.29, 1.82) is 0 Å². The molecule has 0 aliphatic heterocycles. The summed E-state index contributed by atoms with van der Waals surface area (Å²) in [4.78, 5) is 15.9. The van der Waals surface area contributed by atoms with Gasteiger partial charge >= 0.3 is 5.97 Å². The molecule has 3 nitrogen and oxygen atoms in total. The molecule has 0 saturated carbocycles. The van der Waals surface area contributed by atoms with Crippen molar-refractivity contribution in [1.82, 2.24) is 4.98 Å². The molecule has 0 bridgehead atoms. The lowest BCUT2D eigenvalue weighted by Gasteiger charge is -2.12. The third-order valence-electron chi connectivity index (χ3n) is 3.68. The number of carboxylic acid groups (broad SMARTS) is 1. The zero-order chi connectivity index (χ0) is 13.7. The molecular formula is C14H11ClFNO2. The lowest BCUT2D eigenvalue weighted by molar-refractivity contribution is 0.0698. The Morgan fingerprint density at radius 1 is 1.53 bits per heavy atom. The number of halogens is 2. The Balaban J connectivity index is 2.53. The molecule has 1 atom stereocenters. The minimum absolute atomic E-state index is 0.0531. The van der Waals surface area contributed by atoms with E-state index in [0.717, 1.165) is 6.42 Å². The van der Waals surface area contributed by atoms with Gasteiger partial charge in [0.1, 0.15) is 11.3 Å². The first kappa shape index (κ1) is 12.4. The molecular weight excluding hydrogens is 269 g/mol. The van der Waals surface area contributed by atoms with Gasteiger partial charge in [0, 0.05) is 11.1 Å². The van der Waals surface area contributed by atoms with Crippen LogP contribution >= 0.6 is 11.6 Å². The van der Waals surface area contributed by atoms with Crippen molar-refractivity contribution in [2.45, 2.75) is 25.7 Å². The molecule has 19 heavy (non-hydrogen) atoms. The highest BCUT2D eigenvalue weighted by Crippen LogP contribution is 2.39. The van der Waals surface area contributed by atoms with Gasteiger partial charge in [-0.3, -0.25) is 0 Å². The van der Waals surface area contributed by atoms with Crippen LogP contribution in [0.2, 0.25) is 5.02 Å². The van der Waals surface area contributed by atoms with Crippen molar-refractivity contribution >= 4 is 28.5 Å². The van der Waals surface area contributed by atoms with Crippen molar-refractivity contribution < 1.29 is 14.3 Å². The van der Waals surface area contributed by atoms with Crippen molar-refractivity contribution in [2.75, 3.05) is 0 Å². The summed E-state index contributed by atoms with van der Waals surface area (Å²) < 4.78 is 13.9. The van der Waals surface area contributed by atoms with Gasteiger partial charge in [0.2, 0.25) is 0 Å². The maximum atomic E-state index is 13.9. The first-order chi connectivity index (χ1) is 9.00. The predicted molar refractivity (Wildman–Crippen MR) is 70.4 cm³/mol. The fourth-order valence-corrected chi connectivity index (χ4v) is 3.00. The van der Waals surface area contributed by atoms with Crippen LogP contribution in [0.3, 0.4) is 0 Å². The van der Waals surface area contributed by atoms with E-state index in [-0.39, 0.29) is 27.4 Å². The Bertz CT molecular complexity index is 714. The normalized spacial score (nSPS) is 17.7. The van der Waals surface area contributed by atoms with Gasteiger partial charge in [0.25, 0.3) is 0 Å². The average Bonchev–Trinajstić information content (AvgIpc) is 2.73. The van der Waals surface area contributed by atoms with Gasteiger partial charge in [-0.2, -0.15) is 0 Å². The number of rotatable bonds is 1. The number of carboxylic acids is 1. The van der Waals surface area contributed by atoms with Crippen molar-refractivity contribution in [3.8, 4) is 0 Å².